The molecule has 6 nitrogen and oxygen atoms in total. The lowest BCUT2D eigenvalue weighted by molar-refractivity contribution is -0.0966. The van der Waals surface area contributed by atoms with E-state index in [9.17, 15) is 26.7 Å². The van der Waals surface area contributed by atoms with Crippen molar-refractivity contribution in [3.8, 4) is 21.0 Å². The van der Waals surface area contributed by atoms with E-state index >= 15 is 0 Å². The summed E-state index contributed by atoms with van der Waals surface area (Å²) in [6.07, 6.45) is -1.14. The van der Waals surface area contributed by atoms with Crippen molar-refractivity contribution in [1.82, 2.24) is 9.78 Å². The van der Waals surface area contributed by atoms with Crippen LogP contribution in [0.15, 0.2) is 64.0 Å². The van der Waals surface area contributed by atoms with Crippen molar-refractivity contribution in [3.63, 3.8) is 0 Å². The van der Waals surface area contributed by atoms with Gasteiger partial charge in [0.1, 0.15) is 11.6 Å². The second-order valence-electron chi connectivity index (χ2n) is 8.99. The molecule has 2 aromatic heterocycles. The maximum atomic E-state index is 13.9. The van der Waals surface area contributed by atoms with Crippen LogP contribution in [0.2, 0.25) is 0 Å². The van der Waals surface area contributed by atoms with Crippen LogP contribution in [-0.2, 0) is 15.4 Å². The molecule has 1 N–H and O–H groups in total. The average molecular weight is 524 g/mol. The maximum absolute atomic E-state index is 13.9. The van der Waals surface area contributed by atoms with Gasteiger partial charge < -0.3 is 5.11 Å². The molecule has 0 radical (unpaired) electrons. The SMILES string of the molecule is CC1C=C(C(F)(F)F)C(n2nc(C(C)(C)O)cc2-c2ccc(-c3cccc(S(C)(=O)=O)c3)s2)C=N1. The number of hydrogen-bond acceptors (Lipinski definition) is 6. The highest BCUT2D eigenvalue weighted by atomic mass is 32.2. The number of halogens is 3. The number of nitrogens with zero attached hydrogens (tertiary/aromatic N) is 3. The van der Waals surface area contributed by atoms with Gasteiger partial charge in [-0.25, -0.2) is 8.42 Å². The lowest BCUT2D eigenvalue weighted by Crippen LogP contribution is -2.29. The predicted molar refractivity (Wildman–Crippen MR) is 130 cm³/mol. The van der Waals surface area contributed by atoms with Crippen molar-refractivity contribution in [2.45, 2.75) is 49.5 Å². The lowest BCUT2D eigenvalue weighted by atomic mass is 10.0. The minimum Gasteiger partial charge on any atom is -0.384 e. The van der Waals surface area contributed by atoms with Crippen molar-refractivity contribution in [1.29, 1.82) is 0 Å². The van der Waals surface area contributed by atoms with E-state index in [2.05, 4.69) is 10.1 Å². The summed E-state index contributed by atoms with van der Waals surface area (Å²) in [5.74, 6) is 0. The molecular weight excluding hydrogens is 499 g/mol. The Morgan fingerprint density at radius 2 is 1.77 bits per heavy atom. The van der Waals surface area contributed by atoms with Crippen LogP contribution < -0.4 is 0 Å². The molecule has 0 saturated heterocycles. The van der Waals surface area contributed by atoms with Crippen LogP contribution in [0.1, 0.15) is 32.5 Å². The fourth-order valence-electron chi connectivity index (χ4n) is 3.76. The van der Waals surface area contributed by atoms with Gasteiger partial charge in [0, 0.05) is 17.3 Å². The highest BCUT2D eigenvalue weighted by Gasteiger charge is 2.42. The molecule has 1 aliphatic rings. The van der Waals surface area contributed by atoms with Crippen LogP contribution in [0.4, 0.5) is 13.2 Å². The third kappa shape index (κ3) is 5.26. The molecule has 0 amide bonds. The van der Waals surface area contributed by atoms with Crippen molar-refractivity contribution in [2.24, 2.45) is 4.99 Å². The highest BCUT2D eigenvalue weighted by molar-refractivity contribution is 7.90. The Bertz CT molecular complexity index is 1430. The molecule has 2 atom stereocenters. The summed E-state index contributed by atoms with van der Waals surface area (Å²) in [6.45, 7) is 4.59. The molecule has 0 saturated carbocycles. The van der Waals surface area contributed by atoms with Gasteiger partial charge in [0.2, 0.25) is 0 Å². The first-order valence-corrected chi connectivity index (χ1v) is 13.4. The van der Waals surface area contributed by atoms with Gasteiger partial charge >= 0.3 is 6.18 Å². The van der Waals surface area contributed by atoms with Crippen LogP contribution >= 0.6 is 11.3 Å². The fourth-order valence-corrected chi connectivity index (χ4v) is 5.43. The molecule has 0 spiro atoms. The maximum Gasteiger partial charge on any atom is 0.414 e. The van der Waals surface area contributed by atoms with Gasteiger partial charge in [-0.2, -0.15) is 18.3 Å². The van der Waals surface area contributed by atoms with E-state index < -0.39 is 39.3 Å². The summed E-state index contributed by atoms with van der Waals surface area (Å²) in [6, 6.07) is 9.65. The zero-order valence-electron chi connectivity index (χ0n) is 19.4. The number of thiophene rings is 1. The number of aromatic nitrogens is 2. The Morgan fingerprint density at radius 1 is 1.09 bits per heavy atom. The molecule has 0 bridgehead atoms. The Balaban J connectivity index is 1.84. The van der Waals surface area contributed by atoms with Crippen LogP contribution in [-0.4, -0.2) is 48.0 Å². The molecular formula is C24H24F3N3O3S2. The Labute approximate surface area is 205 Å². The molecule has 2 unspecified atom stereocenters. The summed E-state index contributed by atoms with van der Waals surface area (Å²) in [4.78, 5) is 5.69. The zero-order chi connectivity index (χ0) is 25.8. The van der Waals surface area contributed by atoms with Gasteiger partial charge in [-0.3, -0.25) is 9.67 Å². The Morgan fingerprint density at radius 3 is 2.40 bits per heavy atom. The fraction of sp³-hybridized carbons (Fsp3) is 0.333. The van der Waals surface area contributed by atoms with Gasteiger partial charge in [0.25, 0.3) is 0 Å². The Kier molecular flexibility index (Phi) is 6.31. The number of aliphatic hydroxyl groups is 1. The highest BCUT2D eigenvalue weighted by Crippen LogP contribution is 2.41. The summed E-state index contributed by atoms with van der Waals surface area (Å²) in [5, 5.41) is 14.9. The Hall–Kier alpha value is -2.76. The molecule has 0 aliphatic carbocycles. The quantitative estimate of drug-likeness (QED) is 0.453. The van der Waals surface area contributed by atoms with Crippen molar-refractivity contribution >= 4 is 27.4 Å². The van der Waals surface area contributed by atoms with Gasteiger partial charge in [-0.1, -0.05) is 12.1 Å². The first-order valence-electron chi connectivity index (χ1n) is 10.7. The number of aliphatic imine (C=N–C) groups is 1. The van der Waals surface area contributed by atoms with Gasteiger partial charge in [-0.15, -0.1) is 11.3 Å². The van der Waals surface area contributed by atoms with E-state index in [0.717, 1.165) is 17.2 Å². The summed E-state index contributed by atoms with van der Waals surface area (Å²) in [5.41, 5.74) is -0.884. The van der Waals surface area contributed by atoms with Crippen LogP contribution in [0.25, 0.3) is 21.0 Å². The first kappa shape index (κ1) is 25.3. The topological polar surface area (TPSA) is 84.5 Å². The number of benzene rings is 1. The molecule has 186 valence electrons. The summed E-state index contributed by atoms with van der Waals surface area (Å²) in [7, 11) is -3.40. The average Bonchev–Trinajstić information content (AvgIpc) is 3.40. The van der Waals surface area contributed by atoms with Gasteiger partial charge in [0.15, 0.2) is 9.84 Å². The minimum atomic E-state index is -4.59. The number of rotatable bonds is 5. The molecule has 4 rings (SSSR count). The number of hydrogen-bond donors (Lipinski definition) is 1. The molecule has 3 aromatic rings. The van der Waals surface area contributed by atoms with Crippen LogP contribution in [0.3, 0.4) is 0 Å². The second kappa shape index (κ2) is 8.72. The smallest absolute Gasteiger partial charge is 0.384 e. The third-order valence-corrected chi connectivity index (χ3v) is 7.83. The van der Waals surface area contributed by atoms with Crippen molar-refractivity contribution in [3.05, 3.63) is 59.8 Å². The van der Waals surface area contributed by atoms with E-state index in [4.69, 9.17) is 0 Å². The van der Waals surface area contributed by atoms with E-state index in [1.54, 1.807) is 43.3 Å². The second-order valence-corrected chi connectivity index (χ2v) is 12.1. The third-order valence-electron chi connectivity index (χ3n) is 5.56. The van der Waals surface area contributed by atoms with Crippen LogP contribution in [0.5, 0.6) is 0 Å². The lowest BCUT2D eigenvalue weighted by Gasteiger charge is -2.25. The van der Waals surface area contributed by atoms with Gasteiger partial charge in [0.05, 0.1) is 32.8 Å². The zero-order valence-corrected chi connectivity index (χ0v) is 21.0. The molecule has 3 heterocycles. The molecule has 1 aromatic carbocycles. The standard InChI is InChI=1S/C24H24F3N3O3S2/c1-14-10-17(24(25,26)27)19(13-28-14)30-18(12-22(29-30)23(2,3)31)21-9-8-20(34-21)15-6-5-7-16(11-15)35(4,32)33/h5-14,19,31H,1-4H3. The molecule has 35 heavy (non-hydrogen) atoms. The number of dihydropyridines is 1. The van der Waals surface area contributed by atoms with E-state index in [1.807, 2.05) is 0 Å². The predicted octanol–water partition coefficient (Wildman–Crippen LogP) is 5.41. The largest absolute Gasteiger partial charge is 0.414 e. The van der Waals surface area contributed by atoms with Crippen LogP contribution in [0, 0.1) is 0 Å². The van der Waals surface area contributed by atoms with E-state index in [-0.39, 0.29) is 10.6 Å². The monoisotopic (exact) mass is 523 g/mol. The normalized spacial score (nSPS) is 19.1. The molecule has 11 heteroatoms. The number of alkyl halides is 3. The summed E-state index contributed by atoms with van der Waals surface area (Å²) >= 11 is 1.29. The minimum absolute atomic E-state index is 0.173. The van der Waals surface area contributed by atoms with Crippen molar-refractivity contribution < 1.29 is 26.7 Å². The summed E-state index contributed by atoms with van der Waals surface area (Å²) < 4.78 is 66.9. The van der Waals surface area contributed by atoms with E-state index in [1.165, 1.54) is 42.1 Å². The van der Waals surface area contributed by atoms with E-state index in [0.29, 0.717) is 16.1 Å². The number of sulfone groups is 1. The van der Waals surface area contributed by atoms with Crippen molar-refractivity contribution in [2.75, 3.05) is 6.26 Å². The number of allylic oxidation sites excluding steroid dienone is 1. The molecule has 0 fully saturated rings. The molecule has 1 aliphatic heterocycles. The first-order chi connectivity index (χ1) is 16.1. The van der Waals surface area contributed by atoms with Gasteiger partial charge in [-0.05, 0) is 62.7 Å².